The van der Waals surface area contributed by atoms with Crippen molar-refractivity contribution in [2.45, 2.75) is 0 Å². The molecule has 3 rings (SSSR count). The second kappa shape index (κ2) is 8.46. The van der Waals surface area contributed by atoms with Gasteiger partial charge in [-0.1, -0.05) is 34.1 Å². The molecule has 0 spiro atoms. The zero-order chi connectivity index (χ0) is 18.5. The summed E-state index contributed by atoms with van der Waals surface area (Å²) < 4.78 is 1.84. The summed E-state index contributed by atoms with van der Waals surface area (Å²) in [5, 5.41) is 5.67. The van der Waals surface area contributed by atoms with Crippen LogP contribution in [0.5, 0.6) is 0 Å². The molecule has 0 heterocycles. The molecule has 4 nitrogen and oxygen atoms in total. The first-order valence-electron chi connectivity index (χ1n) is 7.76. The van der Waals surface area contributed by atoms with Gasteiger partial charge in [0.25, 0.3) is 11.8 Å². The van der Waals surface area contributed by atoms with Gasteiger partial charge in [-0.2, -0.15) is 0 Å². The van der Waals surface area contributed by atoms with Gasteiger partial charge in [0.1, 0.15) is 0 Å². The Hall–Kier alpha value is -2.19. The first-order valence-corrected chi connectivity index (χ1v) is 9.63. The highest BCUT2D eigenvalue weighted by atomic mass is 127. The van der Waals surface area contributed by atoms with Gasteiger partial charge in [-0.3, -0.25) is 9.59 Å². The molecule has 0 aliphatic carbocycles. The average Bonchev–Trinajstić information content (AvgIpc) is 2.65. The van der Waals surface area contributed by atoms with Crippen LogP contribution in [-0.2, 0) is 0 Å². The van der Waals surface area contributed by atoms with E-state index in [9.17, 15) is 9.59 Å². The number of rotatable bonds is 4. The molecule has 0 aliphatic rings. The third-order valence-corrected chi connectivity index (χ3v) is 4.81. The lowest BCUT2D eigenvalue weighted by Crippen LogP contribution is -2.18. The zero-order valence-electron chi connectivity index (χ0n) is 13.5. The lowest BCUT2D eigenvalue weighted by atomic mass is 10.1. The molecule has 0 radical (unpaired) electrons. The maximum absolute atomic E-state index is 12.7. The number of carbonyl (C=O) groups excluding carboxylic acids is 2. The van der Waals surface area contributed by atoms with E-state index in [4.69, 9.17) is 0 Å². The van der Waals surface area contributed by atoms with Crippen molar-refractivity contribution in [2.24, 2.45) is 0 Å². The SMILES string of the molecule is O=C(Nc1ccc(I)cc1C(=O)Nc1ccc(Br)cc1)c1ccccc1. The molecule has 3 aromatic rings. The van der Waals surface area contributed by atoms with Gasteiger partial charge in [0.05, 0.1) is 11.3 Å². The largest absolute Gasteiger partial charge is 0.322 e. The number of benzene rings is 3. The molecule has 0 aliphatic heterocycles. The van der Waals surface area contributed by atoms with Crippen molar-refractivity contribution in [2.75, 3.05) is 10.6 Å². The lowest BCUT2D eigenvalue weighted by molar-refractivity contribution is 0.102. The number of hydrogen-bond acceptors (Lipinski definition) is 2. The fourth-order valence-corrected chi connectivity index (χ4v) is 3.08. The summed E-state index contributed by atoms with van der Waals surface area (Å²) in [5.74, 6) is -0.543. The summed E-state index contributed by atoms with van der Waals surface area (Å²) in [5.41, 5.74) is 2.08. The van der Waals surface area contributed by atoms with E-state index >= 15 is 0 Å². The molecule has 0 aromatic heterocycles. The second-order valence-corrected chi connectivity index (χ2v) is 7.63. The molecule has 2 amide bonds. The molecule has 0 unspecified atom stereocenters. The predicted octanol–water partition coefficient (Wildman–Crippen LogP) is 5.56. The first-order chi connectivity index (χ1) is 12.5. The van der Waals surface area contributed by atoms with Crippen LogP contribution in [0.4, 0.5) is 11.4 Å². The van der Waals surface area contributed by atoms with E-state index in [0.29, 0.717) is 22.5 Å². The molecule has 2 N–H and O–H groups in total. The average molecular weight is 521 g/mol. The van der Waals surface area contributed by atoms with Crippen molar-refractivity contribution in [3.05, 3.63) is 92.0 Å². The van der Waals surface area contributed by atoms with Gasteiger partial charge in [-0.15, -0.1) is 0 Å². The lowest BCUT2D eigenvalue weighted by Gasteiger charge is -2.12. The molecule has 6 heteroatoms. The van der Waals surface area contributed by atoms with Gasteiger partial charge in [0.15, 0.2) is 0 Å². The molecule has 3 aromatic carbocycles. The highest BCUT2D eigenvalue weighted by Crippen LogP contribution is 2.22. The summed E-state index contributed by atoms with van der Waals surface area (Å²) in [6, 6.07) is 21.5. The van der Waals surface area contributed by atoms with E-state index in [1.165, 1.54) is 0 Å². The van der Waals surface area contributed by atoms with Crippen molar-refractivity contribution >= 4 is 61.7 Å². The van der Waals surface area contributed by atoms with Crippen molar-refractivity contribution in [3.8, 4) is 0 Å². The molecule has 26 heavy (non-hydrogen) atoms. The minimum absolute atomic E-state index is 0.260. The van der Waals surface area contributed by atoms with Crippen LogP contribution in [0.25, 0.3) is 0 Å². The van der Waals surface area contributed by atoms with Crippen LogP contribution in [0.3, 0.4) is 0 Å². The van der Waals surface area contributed by atoms with Crippen molar-refractivity contribution in [1.29, 1.82) is 0 Å². The van der Waals surface area contributed by atoms with E-state index in [2.05, 4.69) is 49.2 Å². The smallest absolute Gasteiger partial charge is 0.257 e. The second-order valence-electron chi connectivity index (χ2n) is 5.47. The Balaban J connectivity index is 1.84. The van der Waals surface area contributed by atoms with Crippen LogP contribution in [0.2, 0.25) is 0 Å². The molecule has 0 saturated heterocycles. The normalized spacial score (nSPS) is 10.2. The molecular weight excluding hydrogens is 507 g/mol. The fraction of sp³-hybridized carbons (Fsp3) is 0. The van der Waals surface area contributed by atoms with Crippen LogP contribution in [0.15, 0.2) is 77.3 Å². The van der Waals surface area contributed by atoms with Gasteiger partial charge in [-0.05, 0) is 77.2 Å². The fourth-order valence-electron chi connectivity index (χ4n) is 2.33. The third-order valence-electron chi connectivity index (χ3n) is 3.61. The Morgan fingerprint density at radius 1 is 0.808 bits per heavy atom. The van der Waals surface area contributed by atoms with E-state index < -0.39 is 0 Å². The number of amides is 2. The topological polar surface area (TPSA) is 58.2 Å². The Morgan fingerprint density at radius 3 is 2.19 bits per heavy atom. The highest BCUT2D eigenvalue weighted by Gasteiger charge is 2.15. The standard InChI is InChI=1S/C20H14BrIN2O2/c21-14-6-9-16(10-7-14)23-20(26)17-12-15(22)8-11-18(17)24-19(25)13-4-2-1-3-5-13/h1-12H,(H,23,26)(H,24,25). The predicted molar refractivity (Wildman–Crippen MR) is 116 cm³/mol. The summed E-state index contributed by atoms with van der Waals surface area (Å²) in [7, 11) is 0. The van der Waals surface area contributed by atoms with Crippen molar-refractivity contribution in [3.63, 3.8) is 0 Å². The van der Waals surface area contributed by atoms with E-state index in [1.807, 2.05) is 24.3 Å². The number of halogens is 2. The van der Waals surface area contributed by atoms with E-state index in [1.54, 1.807) is 48.5 Å². The molecule has 0 atom stereocenters. The monoisotopic (exact) mass is 520 g/mol. The third kappa shape index (κ3) is 4.70. The van der Waals surface area contributed by atoms with Crippen LogP contribution >= 0.6 is 38.5 Å². The minimum atomic E-state index is -0.283. The molecule has 0 saturated carbocycles. The minimum Gasteiger partial charge on any atom is -0.322 e. The van der Waals surface area contributed by atoms with E-state index in [0.717, 1.165) is 8.04 Å². The van der Waals surface area contributed by atoms with Crippen molar-refractivity contribution < 1.29 is 9.59 Å². The molecule has 0 bridgehead atoms. The highest BCUT2D eigenvalue weighted by molar-refractivity contribution is 14.1. The number of carbonyl (C=O) groups is 2. The van der Waals surface area contributed by atoms with Crippen LogP contribution < -0.4 is 10.6 Å². The Kier molecular flexibility index (Phi) is 6.05. The van der Waals surface area contributed by atoms with Crippen LogP contribution in [-0.4, -0.2) is 11.8 Å². The molecule has 130 valence electrons. The zero-order valence-corrected chi connectivity index (χ0v) is 17.2. The van der Waals surface area contributed by atoms with Crippen LogP contribution in [0, 0.1) is 3.57 Å². The van der Waals surface area contributed by atoms with Gasteiger partial charge >= 0.3 is 0 Å². The van der Waals surface area contributed by atoms with Gasteiger partial charge in [0, 0.05) is 19.3 Å². The quantitative estimate of drug-likeness (QED) is 0.442. The number of nitrogens with one attached hydrogen (secondary N) is 2. The van der Waals surface area contributed by atoms with Gasteiger partial charge in [-0.25, -0.2) is 0 Å². The Labute approximate surface area is 173 Å². The Bertz CT molecular complexity index is 944. The number of hydrogen-bond donors (Lipinski definition) is 2. The van der Waals surface area contributed by atoms with E-state index in [-0.39, 0.29) is 11.8 Å². The van der Waals surface area contributed by atoms with Crippen molar-refractivity contribution in [1.82, 2.24) is 0 Å². The Morgan fingerprint density at radius 2 is 1.50 bits per heavy atom. The van der Waals surface area contributed by atoms with Crippen LogP contribution in [0.1, 0.15) is 20.7 Å². The summed E-state index contributed by atoms with van der Waals surface area (Å²) >= 11 is 5.50. The molecular formula is C20H14BrIN2O2. The van der Waals surface area contributed by atoms with Gasteiger partial charge < -0.3 is 10.6 Å². The first kappa shape index (κ1) is 18.6. The number of anilines is 2. The summed E-state index contributed by atoms with van der Waals surface area (Å²) in [6.45, 7) is 0. The maximum Gasteiger partial charge on any atom is 0.257 e. The van der Waals surface area contributed by atoms with Gasteiger partial charge in [0.2, 0.25) is 0 Å². The summed E-state index contributed by atoms with van der Waals surface area (Å²) in [6.07, 6.45) is 0. The summed E-state index contributed by atoms with van der Waals surface area (Å²) in [4.78, 5) is 25.1. The maximum atomic E-state index is 12.7. The molecule has 0 fully saturated rings.